The average Bonchev–Trinajstić information content (AvgIpc) is 2.41. The number of benzene rings is 2. The molecule has 1 fully saturated rings. The van der Waals surface area contributed by atoms with Crippen molar-refractivity contribution in [2.45, 2.75) is 37.6 Å². The average molecular weight is 287 g/mol. The zero-order chi connectivity index (χ0) is 14.8. The van der Waals surface area contributed by atoms with Crippen LogP contribution in [0.5, 0.6) is 0 Å². The third-order valence-corrected chi connectivity index (χ3v) is 4.40. The van der Waals surface area contributed by atoms with Gasteiger partial charge in [0.15, 0.2) is 0 Å². The Balaban J connectivity index is 1.70. The minimum absolute atomic E-state index is 0.277. The maximum atomic E-state index is 13.7. The number of hydrogen-bond acceptors (Lipinski definition) is 1. The molecule has 2 N–H and O–H groups in total. The molecule has 0 heterocycles. The summed E-state index contributed by atoms with van der Waals surface area (Å²) in [4.78, 5) is 0. The summed E-state index contributed by atoms with van der Waals surface area (Å²) < 4.78 is 26.6. The molecule has 0 saturated heterocycles. The molecule has 0 aromatic heterocycles. The molecule has 0 bridgehead atoms. The second-order valence-electron chi connectivity index (χ2n) is 5.84. The van der Waals surface area contributed by atoms with E-state index in [2.05, 4.69) is 12.1 Å². The molecule has 3 heteroatoms. The molecule has 1 atom stereocenters. The van der Waals surface area contributed by atoms with Gasteiger partial charge in [0.05, 0.1) is 0 Å². The molecule has 1 aliphatic carbocycles. The molecule has 1 aliphatic rings. The van der Waals surface area contributed by atoms with E-state index in [1.807, 2.05) is 12.1 Å². The predicted molar refractivity (Wildman–Crippen MR) is 80.0 cm³/mol. The van der Waals surface area contributed by atoms with Crippen molar-refractivity contribution < 1.29 is 8.78 Å². The molecular formula is C18H19F2N. The van der Waals surface area contributed by atoms with Crippen LogP contribution >= 0.6 is 0 Å². The highest BCUT2D eigenvalue weighted by atomic mass is 19.1. The molecule has 0 aliphatic heterocycles. The molecule has 0 amide bonds. The van der Waals surface area contributed by atoms with Crippen LogP contribution in [0.3, 0.4) is 0 Å². The highest BCUT2D eigenvalue weighted by Gasteiger charge is 2.19. The fourth-order valence-electron chi connectivity index (χ4n) is 2.80. The van der Waals surface area contributed by atoms with Gasteiger partial charge in [-0.15, -0.1) is 0 Å². The minimum Gasteiger partial charge on any atom is -0.324 e. The Morgan fingerprint density at radius 3 is 2.33 bits per heavy atom. The molecule has 1 saturated carbocycles. The van der Waals surface area contributed by atoms with Crippen LogP contribution in [-0.2, 0) is 6.42 Å². The van der Waals surface area contributed by atoms with Crippen molar-refractivity contribution in [1.82, 2.24) is 0 Å². The summed E-state index contributed by atoms with van der Waals surface area (Å²) in [5.41, 5.74) is 8.95. The number of rotatable bonds is 4. The first-order valence-electron chi connectivity index (χ1n) is 7.43. The van der Waals surface area contributed by atoms with Gasteiger partial charge in [0, 0.05) is 12.1 Å². The van der Waals surface area contributed by atoms with Crippen molar-refractivity contribution in [3.8, 4) is 0 Å². The lowest BCUT2D eigenvalue weighted by Crippen LogP contribution is -2.15. The normalized spacial score (nSPS) is 16.5. The lowest BCUT2D eigenvalue weighted by molar-refractivity contribution is 0.419. The Morgan fingerprint density at radius 1 is 1.05 bits per heavy atom. The van der Waals surface area contributed by atoms with E-state index in [1.54, 1.807) is 0 Å². The number of nitrogens with two attached hydrogens (primary N) is 1. The third kappa shape index (κ3) is 3.13. The van der Waals surface area contributed by atoms with Crippen LogP contribution < -0.4 is 5.73 Å². The molecule has 1 nitrogen and oxygen atoms in total. The van der Waals surface area contributed by atoms with Crippen LogP contribution in [0, 0.1) is 11.6 Å². The van der Waals surface area contributed by atoms with E-state index < -0.39 is 11.6 Å². The first-order chi connectivity index (χ1) is 10.1. The van der Waals surface area contributed by atoms with Crippen LogP contribution in [0.15, 0.2) is 42.5 Å². The second kappa shape index (κ2) is 5.94. The predicted octanol–water partition coefficient (Wildman–Crippen LogP) is 4.47. The SMILES string of the molecule is NC(Cc1ccc(F)cc1F)c1ccc(C2CCC2)cc1. The maximum Gasteiger partial charge on any atom is 0.129 e. The first kappa shape index (κ1) is 14.2. The summed E-state index contributed by atoms with van der Waals surface area (Å²) in [7, 11) is 0. The molecular weight excluding hydrogens is 268 g/mol. The fourth-order valence-corrected chi connectivity index (χ4v) is 2.80. The van der Waals surface area contributed by atoms with E-state index in [0.717, 1.165) is 11.6 Å². The quantitative estimate of drug-likeness (QED) is 0.882. The summed E-state index contributed by atoms with van der Waals surface area (Å²) in [6.45, 7) is 0. The topological polar surface area (TPSA) is 26.0 Å². The monoisotopic (exact) mass is 287 g/mol. The maximum absolute atomic E-state index is 13.7. The molecule has 2 aromatic carbocycles. The van der Waals surface area contributed by atoms with Crippen LogP contribution in [0.4, 0.5) is 8.78 Å². The molecule has 110 valence electrons. The highest BCUT2D eigenvalue weighted by Crippen LogP contribution is 2.36. The fraction of sp³-hybridized carbons (Fsp3) is 0.333. The van der Waals surface area contributed by atoms with Gasteiger partial charge in [0.2, 0.25) is 0 Å². The summed E-state index contributed by atoms with van der Waals surface area (Å²) >= 11 is 0. The van der Waals surface area contributed by atoms with E-state index in [9.17, 15) is 8.78 Å². The summed E-state index contributed by atoms with van der Waals surface area (Å²) in [5, 5.41) is 0. The summed E-state index contributed by atoms with van der Waals surface area (Å²) in [6.07, 6.45) is 4.23. The molecule has 0 radical (unpaired) electrons. The molecule has 2 aromatic rings. The number of hydrogen-bond donors (Lipinski definition) is 1. The van der Waals surface area contributed by atoms with Gasteiger partial charge in [-0.2, -0.15) is 0 Å². The van der Waals surface area contributed by atoms with Crippen LogP contribution in [0.25, 0.3) is 0 Å². The minimum atomic E-state index is -0.560. The van der Waals surface area contributed by atoms with Crippen molar-refractivity contribution in [3.05, 3.63) is 70.8 Å². The van der Waals surface area contributed by atoms with E-state index in [-0.39, 0.29) is 6.04 Å². The van der Waals surface area contributed by atoms with Crippen molar-refractivity contribution >= 4 is 0 Å². The Labute approximate surface area is 123 Å². The standard InChI is InChI=1S/C18H19F2N/c19-16-9-8-15(17(20)11-16)10-18(21)14-6-4-13(5-7-14)12-2-1-3-12/h4-9,11-12,18H,1-3,10,21H2. The van der Waals surface area contributed by atoms with Crippen molar-refractivity contribution in [1.29, 1.82) is 0 Å². The smallest absolute Gasteiger partial charge is 0.129 e. The zero-order valence-electron chi connectivity index (χ0n) is 11.9. The third-order valence-electron chi connectivity index (χ3n) is 4.40. The molecule has 0 spiro atoms. The number of halogens is 2. The molecule has 1 unspecified atom stereocenters. The summed E-state index contributed by atoms with van der Waals surface area (Å²) in [5.74, 6) is -0.393. The molecule has 3 rings (SSSR count). The highest BCUT2D eigenvalue weighted by molar-refractivity contribution is 5.30. The lowest BCUT2D eigenvalue weighted by atomic mass is 9.80. The van der Waals surface area contributed by atoms with Crippen molar-refractivity contribution in [2.24, 2.45) is 5.73 Å². The van der Waals surface area contributed by atoms with Gasteiger partial charge >= 0.3 is 0 Å². The van der Waals surface area contributed by atoms with Gasteiger partial charge in [0.1, 0.15) is 11.6 Å². The zero-order valence-corrected chi connectivity index (χ0v) is 11.9. The first-order valence-corrected chi connectivity index (χ1v) is 7.43. The van der Waals surface area contributed by atoms with E-state index in [0.29, 0.717) is 17.9 Å². The van der Waals surface area contributed by atoms with Crippen LogP contribution in [-0.4, -0.2) is 0 Å². The lowest BCUT2D eigenvalue weighted by Gasteiger charge is -2.26. The van der Waals surface area contributed by atoms with Crippen LogP contribution in [0.2, 0.25) is 0 Å². The van der Waals surface area contributed by atoms with Gasteiger partial charge in [-0.1, -0.05) is 36.8 Å². The van der Waals surface area contributed by atoms with Gasteiger partial charge in [-0.3, -0.25) is 0 Å². The van der Waals surface area contributed by atoms with Gasteiger partial charge in [-0.25, -0.2) is 8.78 Å². The van der Waals surface area contributed by atoms with Gasteiger partial charge < -0.3 is 5.73 Å². The molecule has 21 heavy (non-hydrogen) atoms. The Kier molecular flexibility index (Phi) is 4.02. The second-order valence-corrected chi connectivity index (χ2v) is 5.84. The van der Waals surface area contributed by atoms with Gasteiger partial charge in [0.25, 0.3) is 0 Å². The largest absolute Gasteiger partial charge is 0.324 e. The van der Waals surface area contributed by atoms with Crippen molar-refractivity contribution in [2.75, 3.05) is 0 Å². The van der Waals surface area contributed by atoms with E-state index in [4.69, 9.17) is 5.73 Å². The van der Waals surface area contributed by atoms with E-state index in [1.165, 1.54) is 37.0 Å². The Hall–Kier alpha value is -1.74. The summed E-state index contributed by atoms with van der Waals surface area (Å²) in [6, 6.07) is 11.7. The van der Waals surface area contributed by atoms with Crippen LogP contribution in [0.1, 0.15) is 47.9 Å². The van der Waals surface area contributed by atoms with Crippen molar-refractivity contribution in [3.63, 3.8) is 0 Å². The van der Waals surface area contributed by atoms with Gasteiger partial charge in [-0.05, 0) is 47.9 Å². The Bertz CT molecular complexity index is 618. The Morgan fingerprint density at radius 2 is 1.76 bits per heavy atom. The van der Waals surface area contributed by atoms with E-state index >= 15 is 0 Å².